The van der Waals surface area contributed by atoms with Crippen molar-refractivity contribution >= 4 is 40.8 Å². The Morgan fingerprint density at radius 3 is 2.56 bits per heavy atom. The number of aromatic nitrogens is 4. The Morgan fingerprint density at radius 2 is 1.78 bits per heavy atom. The highest BCUT2D eigenvalue weighted by atomic mass is 35.5. The number of pyridine rings is 2. The van der Waals surface area contributed by atoms with Crippen LogP contribution in [0.25, 0.3) is 22.2 Å². The lowest BCUT2D eigenvalue weighted by Gasteiger charge is -2.29. The van der Waals surface area contributed by atoms with Crippen LogP contribution in [-0.2, 0) is 0 Å². The molecule has 32 heavy (non-hydrogen) atoms. The number of nitrogens with zero attached hydrogens (tertiary/aromatic N) is 5. The maximum absolute atomic E-state index is 14.5. The topological polar surface area (TPSA) is 78.9 Å². The molecule has 5 rings (SSSR count). The highest BCUT2D eigenvalue weighted by Crippen LogP contribution is 2.27. The number of rotatable bonds is 4. The monoisotopic (exact) mass is 455 g/mol. The summed E-state index contributed by atoms with van der Waals surface area (Å²) < 4.78 is 28.9. The second-order valence-corrected chi connectivity index (χ2v) is 7.19. The van der Waals surface area contributed by atoms with Crippen molar-refractivity contribution < 1.29 is 8.78 Å². The Kier molecular flexibility index (Phi) is 6.38. The highest BCUT2D eigenvalue weighted by molar-refractivity contribution is 5.85. The zero-order valence-electron chi connectivity index (χ0n) is 16.9. The lowest BCUT2D eigenvalue weighted by atomic mass is 10.1. The first-order chi connectivity index (χ1) is 15.2. The first-order valence-electron chi connectivity index (χ1n) is 9.93. The van der Waals surface area contributed by atoms with Crippen molar-refractivity contribution in [3.63, 3.8) is 0 Å². The molecule has 1 aliphatic rings. The number of nitrogens with one attached hydrogen (secondary N) is 2. The summed E-state index contributed by atoms with van der Waals surface area (Å²) in [7, 11) is 0. The molecule has 0 unspecified atom stereocenters. The van der Waals surface area contributed by atoms with E-state index in [1.807, 2.05) is 12.1 Å². The van der Waals surface area contributed by atoms with Gasteiger partial charge < -0.3 is 15.5 Å². The number of hydrogen-bond donors (Lipinski definition) is 2. The molecule has 3 aromatic heterocycles. The van der Waals surface area contributed by atoms with Crippen molar-refractivity contribution in [1.82, 2.24) is 25.3 Å². The van der Waals surface area contributed by atoms with Gasteiger partial charge in [0.2, 0.25) is 5.95 Å². The minimum atomic E-state index is -0.643. The van der Waals surface area contributed by atoms with E-state index in [0.717, 1.165) is 38.1 Å². The van der Waals surface area contributed by atoms with Gasteiger partial charge in [0.05, 0.1) is 18.1 Å². The molecule has 1 aromatic carbocycles. The van der Waals surface area contributed by atoms with Crippen molar-refractivity contribution in [2.24, 2.45) is 0 Å². The minimum Gasteiger partial charge on any atom is -0.368 e. The Balaban J connectivity index is 0.00000245. The standard InChI is InChI=1S/C22H19F2N7.ClH/c23-17-11-15(10-14-2-1-5-26-20(14)17)21-18(24)13-28-22(30-21)29-19-4-3-16(12-27-19)31-8-6-25-7-9-31;/h1-5,10-13,25H,6-9H2,(H,27,28,29,30);1H. The molecule has 164 valence electrons. The zero-order valence-corrected chi connectivity index (χ0v) is 17.7. The largest absolute Gasteiger partial charge is 0.368 e. The molecule has 7 nitrogen and oxygen atoms in total. The molecule has 1 fully saturated rings. The van der Waals surface area contributed by atoms with E-state index in [-0.39, 0.29) is 29.6 Å². The third-order valence-corrected chi connectivity index (χ3v) is 5.15. The van der Waals surface area contributed by atoms with Gasteiger partial charge in [-0.3, -0.25) is 4.98 Å². The van der Waals surface area contributed by atoms with Gasteiger partial charge in [0, 0.05) is 43.3 Å². The Hall–Kier alpha value is -3.43. The molecule has 0 amide bonds. The smallest absolute Gasteiger partial charge is 0.229 e. The van der Waals surface area contributed by atoms with E-state index in [4.69, 9.17) is 0 Å². The molecule has 0 atom stereocenters. The summed E-state index contributed by atoms with van der Waals surface area (Å²) in [4.78, 5) is 18.9. The van der Waals surface area contributed by atoms with Crippen LogP contribution in [0.15, 0.2) is 55.0 Å². The van der Waals surface area contributed by atoms with E-state index in [1.165, 1.54) is 12.3 Å². The Morgan fingerprint density at radius 1 is 0.938 bits per heavy atom. The minimum absolute atomic E-state index is 0. The first kappa shape index (κ1) is 21.8. The molecular formula is C22H20ClF2N7. The van der Waals surface area contributed by atoms with Crippen LogP contribution < -0.4 is 15.5 Å². The first-order valence-corrected chi connectivity index (χ1v) is 9.93. The van der Waals surface area contributed by atoms with Crippen molar-refractivity contribution in [1.29, 1.82) is 0 Å². The Bertz CT molecular complexity index is 1230. The SMILES string of the molecule is Cl.Fc1cnc(Nc2ccc(N3CCNCC3)cn2)nc1-c1cc(F)c2ncccc2c1. The molecule has 0 aliphatic carbocycles. The van der Waals surface area contributed by atoms with Gasteiger partial charge in [-0.05, 0) is 30.3 Å². The van der Waals surface area contributed by atoms with Crippen LogP contribution >= 0.6 is 12.4 Å². The second kappa shape index (κ2) is 9.37. The van der Waals surface area contributed by atoms with E-state index in [0.29, 0.717) is 16.8 Å². The van der Waals surface area contributed by atoms with Gasteiger partial charge in [-0.15, -0.1) is 12.4 Å². The van der Waals surface area contributed by atoms with Crippen molar-refractivity contribution in [2.45, 2.75) is 0 Å². The maximum Gasteiger partial charge on any atom is 0.229 e. The molecule has 0 bridgehead atoms. The van der Waals surface area contributed by atoms with Crippen molar-refractivity contribution in [2.75, 3.05) is 36.4 Å². The number of benzene rings is 1. The summed E-state index contributed by atoms with van der Waals surface area (Å²) in [5.74, 6) is -0.475. The number of fused-ring (bicyclic) bond motifs is 1. The second-order valence-electron chi connectivity index (χ2n) is 7.19. The van der Waals surface area contributed by atoms with Crippen LogP contribution in [0.2, 0.25) is 0 Å². The molecular weight excluding hydrogens is 436 g/mol. The van der Waals surface area contributed by atoms with Crippen LogP contribution in [0.1, 0.15) is 0 Å². The number of hydrogen-bond acceptors (Lipinski definition) is 7. The van der Waals surface area contributed by atoms with Gasteiger partial charge in [0.15, 0.2) is 5.82 Å². The van der Waals surface area contributed by atoms with Gasteiger partial charge in [-0.1, -0.05) is 6.07 Å². The van der Waals surface area contributed by atoms with Gasteiger partial charge in [0.25, 0.3) is 0 Å². The number of halogens is 3. The average molecular weight is 456 g/mol. The van der Waals surface area contributed by atoms with Gasteiger partial charge in [0.1, 0.15) is 22.8 Å². The molecule has 0 radical (unpaired) electrons. The van der Waals surface area contributed by atoms with Gasteiger partial charge in [-0.25, -0.2) is 23.7 Å². The highest BCUT2D eigenvalue weighted by Gasteiger charge is 2.14. The average Bonchev–Trinajstić information content (AvgIpc) is 2.81. The quantitative estimate of drug-likeness (QED) is 0.482. The molecule has 0 spiro atoms. The summed E-state index contributed by atoms with van der Waals surface area (Å²) in [5.41, 5.74) is 1.57. The van der Waals surface area contributed by atoms with E-state index < -0.39 is 11.6 Å². The van der Waals surface area contributed by atoms with Gasteiger partial charge in [-0.2, -0.15) is 0 Å². The summed E-state index contributed by atoms with van der Waals surface area (Å²) in [6, 6.07) is 10.1. The molecule has 2 N–H and O–H groups in total. The lowest BCUT2D eigenvalue weighted by molar-refractivity contribution is 0.589. The predicted molar refractivity (Wildman–Crippen MR) is 123 cm³/mol. The molecule has 10 heteroatoms. The maximum atomic E-state index is 14.5. The van der Waals surface area contributed by atoms with Crippen LogP contribution in [0.4, 0.5) is 26.2 Å². The molecule has 1 aliphatic heterocycles. The van der Waals surface area contributed by atoms with E-state index in [1.54, 1.807) is 24.4 Å². The zero-order chi connectivity index (χ0) is 21.2. The Labute approximate surface area is 189 Å². The van der Waals surface area contributed by atoms with E-state index in [2.05, 4.69) is 35.5 Å². The fraction of sp³-hybridized carbons (Fsp3) is 0.182. The third-order valence-electron chi connectivity index (χ3n) is 5.15. The molecule has 4 heterocycles. The van der Waals surface area contributed by atoms with Crippen molar-refractivity contribution in [3.05, 3.63) is 66.6 Å². The van der Waals surface area contributed by atoms with Gasteiger partial charge >= 0.3 is 0 Å². The molecule has 4 aromatic rings. The molecule has 0 saturated carbocycles. The van der Waals surface area contributed by atoms with Crippen LogP contribution in [0.5, 0.6) is 0 Å². The predicted octanol–water partition coefficient (Wildman–Crippen LogP) is 3.94. The normalized spacial score (nSPS) is 13.6. The third kappa shape index (κ3) is 4.44. The van der Waals surface area contributed by atoms with Crippen LogP contribution in [0.3, 0.4) is 0 Å². The van der Waals surface area contributed by atoms with E-state index >= 15 is 0 Å². The van der Waals surface area contributed by atoms with E-state index in [9.17, 15) is 8.78 Å². The fourth-order valence-corrected chi connectivity index (χ4v) is 3.60. The summed E-state index contributed by atoms with van der Waals surface area (Å²) in [5, 5.41) is 6.87. The summed E-state index contributed by atoms with van der Waals surface area (Å²) in [6.45, 7) is 3.74. The lowest BCUT2D eigenvalue weighted by Crippen LogP contribution is -2.43. The number of piperazine rings is 1. The molecule has 1 saturated heterocycles. The fourth-order valence-electron chi connectivity index (χ4n) is 3.60. The van der Waals surface area contributed by atoms with Crippen LogP contribution in [-0.4, -0.2) is 46.1 Å². The summed E-state index contributed by atoms with van der Waals surface area (Å²) >= 11 is 0. The summed E-state index contributed by atoms with van der Waals surface area (Å²) in [6.07, 6.45) is 4.35. The van der Waals surface area contributed by atoms with Crippen molar-refractivity contribution in [3.8, 4) is 11.3 Å². The van der Waals surface area contributed by atoms with Crippen LogP contribution in [0, 0.1) is 11.6 Å². The number of anilines is 3.